The summed E-state index contributed by atoms with van der Waals surface area (Å²) in [5, 5.41) is 0. The van der Waals surface area contributed by atoms with Crippen LogP contribution in [-0.2, 0) is 9.53 Å². The number of ketones is 1. The fourth-order valence-electron chi connectivity index (χ4n) is 2.86. The minimum atomic E-state index is 0.313. The van der Waals surface area contributed by atoms with Crippen LogP contribution in [0.3, 0.4) is 0 Å². The van der Waals surface area contributed by atoms with Gasteiger partial charge in [-0.25, -0.2) is 0 Å². The first kappa shape index (κ1) is 17.4. The van der Waals surface area contributed by atoms with Crippen LogP contribution in [0.2, 0.25) is 0 Å². The van der Waals surface area contributed by atoms with Crippen LogP contribution < -0.4 is 0 Å². The standard InChI is InChI=1S/C18H32O2/c1-4-5-6-7-8-9-10-11-17(19)12-13-18-16(3)15(2)14-20-18/h4,15-16,18H,1,5-14H2,2-3H3. The zero-order chi connectivity index (χ0) is 14.8. The van der Waals surface area contributed by atoms with Crippen molar-refractivity contribution in [2.24, 2.45) is 11.8 Å². The Labute approximate surface area is 125 Å². The van der Waals surface area contributed by atoms with E-state index in [4.69, 9.17) is 4.74 Å². The maximum absolute atomic E-state index is 11.9. The summed E-state index contributed by atoms with van der Waals surface area (Å²) in [7, 11) is 0. The van der Waals surface area contributed by atoms with Gasteiger partial charge in [0.15, 0.2) is 0 Å². The van der Waals surface area contributed by atoms with Crippen molar-refractivity contribution in [1.82, 2.24) is 0 Å². The Bertz CT molecular complexity index is 285. The van der Waals surface area contributed by atoms with Crippen LogP contribution in [0.15, 0.2) is 12.7 Å². The molecule has 1 rings (SSSR count). The van der Waals surface area contributed by atoms with E-state index in [9.17, 15) is 4.79 Å². The Kier molecular flexibility index (Phi) is 8.84. The molecule has 1 fully saturated rings. The van der Waals surface area contributed by atoms with E-state index in [2.05, 4.69) is 20.4 Å². The van der Waals surface area contributed by atoms with Gasteiger partial charge in [0.05, 0.1) is 6.10 Å². The maximum Gasteiger partial charge on any atom is 0.133 e. The molecule has 0 aromatic rings. The normalized spacial score (nSPS) is 25.8. The van der Waals surface area contributed by atoms with E-state index in [1.807, 2.05) is 6.08 Å². The maximum atomic E-state index is 11.9. The van der Waals surface area contributed by atoms with Gasteiger partial charge in [0.25, 0.3) is 0 Å². The highest BCUT2D eigenvalue weighted by molar-refractivity contribution is 5.78. The molecule has 0 aromatic carbocycles. The molecule has 1 heterocycles. The molecule has 0 bridgehead atoms. The van der Waals surface area contributed by atoms with Crippen LogP contribution in [0.25, 0.3) is 0 Å². The number of Topliss-reactive ketones (excluding diaryl/α,β-unsaturated/α-hetero) is 1. The van der Waals surface area contributed by atoms with Crippen molar-refractivity contribution in [2.75, 3.05) is 6.61 Å². The summed E-state index contributed by atoms with van der Waals surface area (Å²) in [6, 6.07) is 0. The van der Waals surface area contributed by atoms with Crippen LogP contribution in [0.4, 0.5) is 0 Å². The van der Waals surface area contributed by atoms with E-state index in [-0.39, 0.29) is 0 Å². The zero-order valence-electron chi connectivity index (χ0n) is 13.4. The van der Waals surface area contributed by atoms with E-state index >= 15 is 0 Å². The predicted molar refractivity (Wildman–Crippen MR) is 84.8 cm³/mol. The molecule has 3 atom stereocenters. The van der Waals surface area contributed by atoms with Gasteiger partial charge in [-0.1, -0.05) is 39.2 Å². The summed E-state index contributed by atoms with van der Waals surface area (Å²) in [5.74, 6) is 1.67. The summed E-state index contributed by atoms with van der Waals surface area (Å²) >= 11 is 0. The van der Waals surface area contributed by atoms with Gasteiger partial charge in [-0.3, -0.25) is 4.79 Å². The molecule has 20 heavy (non-hydrogen) atoms. The molecular formula is C18H32O2. The largest absolute Gasteiger partial charge is 0.378 e. The Balaban J connectivity index is 1.97. The van der Waals surface area contributed by atoms with Gasteiger partial charge in [0.2, 0.25) is 0 Å². The molecule has 0 aliphatic carbocycles. The smallest absolute Gasteiger partial charge is 0.133 e. The molecular weight excluding hydrogens is 248 g/mol. The number of carbonyl (C=O) groups is 1. The van der Waals surface area contributed by atoms with Crippen LogP contribution in [0.1, 0.15) is 71.6 Å². The van der Waals surface area contributed by atoms with Gasteiger partial charge in [0.1, 0.15) is 5.78 Å². The molecule has 1 saturated heterocycles. The second kappa shape index (κ2) is 10.1. The highest BCUT2D eigenvalue weighted by atomic mass is 16.5. The Morgan fingerprint density at radius 2 is 1.85 bits per heavy atom. The van der Waals surface area contributed by atoms with E-state index in [1.54, 1.807) is 0 Å². The number of hydrogen-bond donors (Lipinski definition) is 0. The van der Waals surface area contributed by atoms with Crippen LogP contribution in [-0.4, -0.2) is 18.5 Å². The summed E-state index contributed by atoms with van der Waals surface area (Å²) in [4.78, 5) is 11.9. The van der Waals surface area contributed by atoms with Gasteiger partial charge < -0.3 is 4.74 Å². The van der Waals surface area contributed by atoms with Crippen molar-refractivity contribution >= 4 is 5.78 Å². The number of hydrogen-bond acceptors (Lipinski definition) is 2. The molecule has 0 amide bonds. The van der Waals surface area contributed by atoms with Gasteiger partial charge in [-0.15, -0.1) is 6.58 Å². The minimum absolute atomic E-state index is 0.313. The van der Waals surface area contributed by atoms with E-state index in [0.29, 0.717) is 30.1 Å². The van der Waals surface area contributed by atoms with Gasteiger partial charge in [0, 0.05) is 19.4 Å². The molecule has 1 aliphatic heterocycles. The molecule has 2 nitrogen and oxygen atoms in total. The predicted octanol–water partition coefficient (Wildman–Crippen LogP) is 4.92. The van der Waals surface area contributed by atoms with Crippen molar-refractivity contribution in [3.05, 3.63) is 12.7 Å². The van der Waals surface area contributed by atoms with E-state index in [0.717, 1.165) is 32.3 Å². The lowest BCUT2D eigenvalue weighted by molar-refractivity contribution is -0.119. The van der Waals surface area contributed by atoms with Gasteiger partial charge in [-0.05, 0) is 37.5 Å². The molecule has 0 spiro atoms. The highest BCUT2D eigenvalue weighted by Crippen LogP contribution is 2.29. The number of allylic oxidation sites excluding steroid dienone is 1. The third-order valence-corrected chi connectivity index (χ3v) is 4.63. The molecule has 1 aliphatic rings. The lowest BCUT2D eigenvalue weighted by Crippen LogP contribution is -2.17. The van der Waals surface area contributed by atoms with Crippen molar-refractivity contribution in [3.63, 3.8) is 0 Å². The van der Waals surface area contributed by atoms with Crippen molar-refractivity contribution < 1.29 is 9.53 Å². The average molecular weight is 280 g/mol. The Hall–Kier alpha value is -0.630. The van der Waals surface area contributed by atoms with Crippen molar-refractivity contribution in [3.8, 4) is 0 Å². The quantitative estimate of drug-likeness (QED) is 0.396. The van der Waals surface area contributed by atoms with Gasteiger partial charge >= 0.3 is 0 Å². The third-order valence-electron chi connectivity index (χ3n) is 4.63. The monoisotopic (exact) mass is 280 g/mol. The second-order valence-corrected chi connectivity index (χ2v) is 6.38. The first-order valence-electron chi connectivity index (χ1n) is 8.39. The summed E-state index contributed by atoms with van der Waals surface area (Å²) < 4.78 is 5.75. The highest BCUT2D eigenvalue weighted by Gasteiger charge is 2.30. The first-order chi connectivity index (χ1) is 9.65. The Morgan fingerprint density at radius 3 is 2.50 bits per heavy atom. The van der Waals surface area contributed by atoms with E-state index in [1.165, 1.54) is 25.7 Å². The van der Waals surface area contributed by atoms with Gasteiger partial charge in [-0.2, -0.15) is 0 Å². The Morgan fingerprint density at radius 1 is 1.15 bits per heavy atom. The van der Waals surface area contributed by atoms with E-state index < -0.39 is 0 Å². The molecule has 0 N–H and O–H groups in total. The fourth-order valence-corrected chi connectivity index (χ4v) is 2.86. The average Bonchev–Trinajstić information content (AvgIpc) is 2.75. The summed E-state index contributed by atoms with van der Waals surface area (Å²) in [6.07, 6.45) is 11.8. The molecule has 116 valence electrons. The van der Waals surface area contributed by atoms with Crippen LogP contribution in [0, 0.1) is 11.8 Å². The number of unbranched alkanes of at least 4 members (excludes halogenated alkanes) is 5. The van der Waals surface area contributed by atoms with Crippen molar-refractivity contribution in [2.45, 2.75) is 77.7 Å². The zero-order valence-corrected chi connectivity index (χ0v) is 13.4. The topological polar surface area (TPSA) is 26.3 Å². The lowest BCUT2D eigenvalue weighted by Gasteiger charge is -2.15. The molecule has 0 saturated carbocycles. The second-order valence-electron chi connectivity index (χ2n) is 6.38. The minimum Gasteiger partial charge on any atom is -0.378 e. The van der Waals surface area contributed by atoms with Crippen LogP contribution in [0.5, 0.6) is 0 Å². The number of rotatable bonds is 11. The molecule has 0 aromatic heterocycles. The molecule has 2 heteroatoms. The molecule has 0 radical (unpaired) electrons. The first-order valence-corrected chi connectivity index (χ1v) is 8.39. The molecule has 3 unspecified atom stereocenters. The summed E-state index contributed by atoms with van der Waals surface area (Å²) in [6.45, 7) is 9.07. The lowest BCUT2D eigenvalue weighted by atomic mass is 9.91. The summed E-state index contributed by atoms with van der Waals surface area (Å²) in [5.41, 5.74) is 0. The van der Waals surface area contributed by atoms with Crippen LogP contribution >= 0.6 is 0 Å². The number of ether oxygens (including phenoxy) is 1. The SMILES string of the molecule is C=CCCCCCCCC(=O)CCC1OCC(C)C1C. The fraction of sp³-hybridized carbons (Fsp3) is 0.833. The van der Waals surface area contributed by atoms with Crippen molar-refractivity contribution in [1.29, 1.82) is 0 Å². The number of carbonyl (C=O) groups excluding carboxylic acids is 1. The third kappa shape index (κ3) is 6.69.